The standard InChI is InChI=1S/C20H25ClN2O2/c1-2-25-20(24)19-18(15-10-12-16(21)13-11-15)22-17-9-7-5-3-4-6-8-14-23(17)19/h10-13H,2-9,14H2,1H3. The van der Waals surface area contributed by atoms with Gasteiger partial charge in [0.1, 0.15) is 11.5 Å². The number of carbonyl (C=O) groups excluding carboxylic acids is 1. The molecule has 2 heterocycles. The lowest BCUT2D eigenvalue weighted by Crippen LogP contribution is -2.16. The number of nitrogens with zero attached hydrogens (tertiary/aromatic N) is 2. The van der Waals surface area contributed by atoms with Gasteiger partial charge in [-0.15, -0.1) is 0 Å². The molecule has 25 heavy (non-hydrogen) atoms. The first kappa shape index (κ1) is 18.0. The molecule has 0 saturated heterocycles. The zero-order valence-electron chi connectivity index (χ0n) is 14.8. The van der Waals surface area contributed by atoms with Crippen LogP contribution in [-0.4, -0.2) is 22.1 Å². The molecule has 0 unspecified atom stereocenters. The van der Waals surface area contributed by atoms with Gasteiger partial charge in [-0.2, -0.15) is 0 Å². The molecule has 1 aliphatic heterocycles. The first-order valence-electron chi connectivity index (χ1n) is 9.23. The van der Waals surface area contributed by atoms with E-state index in [9.17, 15) is 4.79 Å². The molecular formula is C20H25ClN2O2. The molecule has 0 bridgehead atoms. The maximum absolute atomic E-state index is 12.7. The first-order chi connectivity index (χ1) is 12.2. The molecule has 5 heteroatoms. The van der Waals surface area contributed by atoms with Gasteiger partial charge < -0.3 is 9.30 Å². The Balaban J connectivity index is 2.07. The van der Waals surface area contributed by atoms with Gasteiger partial charge in [0, 0.05) is 23.6 Å². The molecule has 1 aromatic carbocycles. The predicted molar refractivity (Wildman–Crippen MR) is 100 cm³/mol. The highest BCUT2D eigenvalue weighted by Gasteiger charge is 2.25. The Kier molecular flexibility index (Phi) is 6.14. The van der Waals surface area contributed by atoms with Gasteiger partial charge in [-0.1, -0.05) is 49.4 Å². The molecule has 0 N–H and O–H groups in total. The number of aromatic nitrogens is 2. The van der Waals surface area contributed by atoms with Crippen LogP contribution >= 0.6 is 11.6 Å². The molecule has 0 atom stereocenters. The van der Waals surface area contributed by atoms with E-state index in [1.165, 1.54) is 25.7 Å². The van der Waals surface area contributed by atoms with Gasteiger partial charge in [0.2, 0.25) is 0 Å². The van der Waals surface area contributed by atoms with Gasteiger partial charge in [-0.3, -0.25) is 0 Å². The van der Waals surface area contributed by atoms with Gasteiger partial charge in [0.15, 0.2) is 5.69 Å². The molecule has 4 nitrogen and oxygen atoms in total. The second kappa shape index (κ2) is 8.52. The molecular weight excluding hydrogens is 336 g/mol. The molecule has 0 saturated carbocycles. The number of benzene rings is 1. The molecule has 0 fully saturated rings. The third-order valence-corrected chi connectivity index (χ3v) is 4.92. The lowest BCUT2D eigenvalue weighted by atomic mass is 10.1. The average molecular weight is 361 g/mol. The molecule has 0 amide bonds. The third kappa shape index (κ3) is 4.24. The number of carbonyl (C=O) groups is 1. The molecule has 2 aromatic rings. The molecule has 0 radical (unpaired) electrons. The van der Waals surface area contributed by atoms with Gasteiger partial charge >= 0.3 is 5.97 Å². The quantitative estimate of drug-likeness (QED) is 0.699. The zero-order chi connectivity index (χ0) is 17.6. The number of ether oxygens (including phenoxy) is 1. The van der Waals surface area contributed by atoms with Crippen LogP contribution < -0.4 is 0 Å². The van der Waals surface area contributed by atoms with Crippen LogP contribution in [0.4, 0.5) is 0 Å². The van der Waals surface area contributed by atoms with Crippen LogP contribution in [0.15, 0.2) is 24.3 Å². The van der Waals surface area contributed by atoms with Crippen molar-refractivity contribution in [2.45, 2.75) is 58.4 Å². The molecule has 134 valence electrons. The van der Waals surface area contributed by atoms with Crippen molar-refractivity contribution in [3.05, 3.63) is 40.8 Å². The van der Waals surface area contributed by atoms with E-state index in [1.54, 1.807) is 0 Å². The van der Waals surface area contributed by atoms with E-state index in [-0.39, 0.29) is 5.97 Å². The minimum Gasteiger partial charge on any atom is -0.461 e. The number of hydrogen-bond acceptors (Lipinski definition) is 3. The number of imidazole rings is 1. The first-order valence-corrected chi connectivity index (χ1v) is 9.61. The number of rotatable bonds is 3. The van der Waals surface area contributed by atoms with Crippen molar-refractivity contribution >= 4 is 17.6 Å². The largest absolute Gasteiger partial charge is 0.461 e. The number of esters is 1. The Morgan fingerprint density at radius 3 is 2.52 bits per heavy atom. The Morgan fingerprint density at radius 1 is 1.12 bits per heavy atom. The fourth-order valence-electron chi connectivity index (χ4n) is 3.41. The third-order valence-electron chi connectivity index (χ3n) is 4.67. The second-order valence-corrected chi connectivity index (χ2v) is 6.91. The van der Waals surface area contributed by atoms with Crippen LogP contribution in [0.25, 0.3) is 11.3 Å². The van der Waals surface area contributed by atoms with E-state index < -0.39 is 0 Å². The zero-order valence-corrected chi connectivity index (χ0v) is 15.5. The van der Waals surface area contributed by atoms with Crippen molar-refractivity contribution in [3.63, 3.8) is 0 Å². The van der Waals surface area contributed by atoms with Crippen molar-refractivity contribution in [2.75, 3.05) is 6.61 Å². The summed E-state index contributed by atoms with van der Waals surface area (Å²) < 4.78 is 7.43. The Morgan fingerprint density at radius 2 is 1.80 bits per heavy atom. The van der Waals surface area contributed by atoms with Crippen molar-refractivity contribution in [1.29, 1.82) is 0 Å². The molecule has 0 spiro atoms. The van der Waals surface area contributed by atoms with Gasteiger partial charge in [0.25, 0.3) is 0 Å². The van der Waals surface area contributed by atoms with E-state index in [0.29, 0.717) is 23.0 Å². The second-order valence-electron chi connectivity index (χ2n) is 6.48. The van der Waals surface area contributed by atoms with Crippen molar-refractivity contribution < 1.29 is 9.53 Å². The summed E-state index contributed by atoms with van der Waals surface area (Å²) in [7, 11) is 0. The summed E-state index contributed by atoms with van der Waals surface area (Å²) in [6, 6.07) is 7.50. The van der Waals surface area contributed by atoms with Crippen molar-refractivity contribution in [1.82, 2.24) is 9.55 Å². The Hall–Kier alpha value is -1.81. The van der Waals surface area contributed by atoms with Gasteiger partial charge in [-0.05, 0) is 31.9 Å². The van der Waals surface area contributed by atoms with E-state index in [2.05, 4.69) is 4.57 Å². The van der Waals surface area contributed by atoms with Crippen LogP contribution in [0.3, 0.4) is 0 Å². The average Bonchev–Trinajstić information content (AvgIpc) is 2.97. The number of halogens is 1. The lowest BCUT2D eigenvalue weighted by molar-refractivity contribution is 0.0514. The summed E-state index contributed by atoms with van der Waals surface area (Å²) in [5, 5.41) is 0.673. The summed E-state index contributed by atoms with van der Waals surface area (Å²) in [6.07, 6.45) is 8.04. The van der Waals surface area contributed by atoms with Gasteiger partial charge in [-0.25, -0.2) is 9.78 Å². The fraction of sp³-hybridized carbons (Fsp3) is 0.500. The minimum absolute atomic E-state index is 0.289. The van der Waals surface area contributed by atoms with Gasteiger partial charge in [0.05, 0.1) is 6.61 Å². The molecule has 1 aliphatic rings. The SMILES string of the molecule is CCOC(=O)c1c(-c2ccc(Cl)cc2)nc2n1CCCCCCCC2. The topological polar surface area (TPSA) is 44.1 Å². The van der Waals surface area contributed by atoms with Crippen LogP contribution in [-0.2, 0) is 17.7 Å². The normalized spacial score (nSPS) is 15.4. The molecule has 3 rings (SSSR count). The highest BCUT2D eigenvalue weighted by molar-refractivity contribution is 6.30. The molecule has 0 aliphatic carbocycles. The summed E-state index contributed by atoms with van der Waals surface area (Å²) >= 11 is 6.01. The maximum atomic E-state index is 12.7. The summed E-state index contributed by atoms with van der Waals surface area (Å²) in [5.41, 5.74) is 2.20. The van der Waals surface area contributed by atoms with E-state index in [0.717, 1.165) is 37.2 Å². The fourth-order valence-corrected chi connectivity index (χ4v) is 3.53. The predicted octanol–water partition coefficient (Wildman–Crippen LogP) is 5.28. The van der Waals surface area contributed by atoms with Crippen LogP contribution in [0.5, 0.6) is 0 Å². The smallest absolute Gasteiger partial charge is 0.357 e. The summed E-state index contributed by atoms with van der Waals surface area (Å²) in [6.45, 7) is 3.02. The minimum atomic E-state index is -0.289. The van der Waals surface area contributed by atoms with Crippen molar-refractivity contribution in [2.24, 2.45) is 0 Å². The monoisotopic (exact) mass is 360 g/mol. The number of hydrogen-bond donors (Lipinski definition) is 0. The Bertz CT molecular complexity index is 722. The van der Waals surface area contributed by atoms with E-state index in [1.807, 2.05) is 31.2 Å². The van der Waals surface area contributed by atoms with E-state index in [4.69, 9.17) is 21.3 Å². The summed E-state index contributed by atoms with van der Waals surface area (Å²) in [5.74, 6) is 0.707. The molecule has 1 aromatic heterocycles. The van der Waals surface area contributed by atoms with Crippen LogP contribution in [0, 0.1) is 0 Å². The Labute approximate surface area is 154 Å². The number of fused-ring (bicyclic) bond motifs is 1. The highest BCUT2D eigenvalue weighted by Crippen LogP contribution is 2.28. The van der Waals surface area contributed by atoms with E-state index >= 15 is 0 Å². The lowest BCUT2D eigenvalue weighted by Gasteiger charge is -2.13. The number of aryl methyl sites for hydroxylation is 1. The van der Waals surface area contributed by atoms with Crippen molar-refractivity contribution in [3.8, 4) is 11.3 Å². The highest BCUT2D eigenvalue weighted by atomic mass is 35.5. The maximum Gasteiger partial charge on any atom is 0.357 e. The summed E-state index contributed by atoms with van der Waals surface area (Å²) in [4.78, 5) is 17.5. The van der Waals surface area contributed by atoms with Crippen LogP contribution in [0.2, 0.25) is 5.02 Å². The van der Waals surface area contributed by atoms with Crippen LogP contribution in [0.1, 0.15) is 61.8 Å².